The summed E-state index contributed by atoms with van der Waals surface area (Å²) in [4.78, 5) is 16.4. The molecule has 27 heavy (non-hydrogen) atoms. The van der Waals surface area contributed by atoms with Gasteiger partial charge in [-0.1, -0.05) is 12.1 Å². The Labute approximate surface area is 178 Å². The molecule has 0 heterocycles. The molecule has 4 N–H and O–H groups in total. The third-order valence-electron chi connectivity index (χ3n) is 4.41. The molecule has 2 rings (SSSR count). The lowest BCUT2D eigenvalue weighted by Crippen LogP contribution is -2.45. The Balaban J connectivity index is 0.00000364. The van der Waals surface area contributed by atoms with Gasteiger partial charge in [0.15, 0.2) is 5.96 Å². The van der Waals surface area contributed by atoms with Crippen molar-refractivity contribution in [2.75, 3.05) is 20.2 Å². The van der Waals surface area contributed by atoms with E-state index in [0.717, 1.165) is 43.5 Å². The topological polar surface area (TPSA) is 95.0 Å². The van der Waals surface area contributed by atoms with E-state index in [0.29, 0.717) is 18.5 Å². The van der Waals surface area contributed by atoms with Crippen LogP contribution in [0.15, 0.2) is 29.3 Å². The minimum Gasteiger partial charge on any atom is -0.497 e. The number of rotatable bonds is 7. The van der Waals surface area contributed by atoms with Crippen LogP contribution < -0.4 is 20.7 Å². The lowest BCUT2D eigenvalue weighted by molar-refractivity contribution is -0.119. The van der Waals surface area contributed by atoms with Crippen LogP contribution in [0.4, 0.5) is 0 Å². The Morgan fingerprint density at radius 3 is 2.44 bits per heavy atom. The first-order valence-corrected chi connectivity index (χ1v) is 9.23. The molecule has 0 aromatic heterocycles. The van der Waals surface area contributed by atoms with Gasteiger partial charge in [-0.15, -0.1) is 24.0 Å². The Morgan fingerprint density at radius 2 is 1.85 bits per heavy atom. The maximum absolute atomic E-state index is 12.1. The van der Waals surface area contributed by atoms with Gasteiger partial charge in [0, 0.05) is 19.1 Å². The van der Waals surface area contributed by atoms with Crippen molar-refractivity contribution in [2.24, 2.45) is 4.99 Å². The first kappa shape index (κ1) is 23.5. The molecule has 0 aliphatic heterocycles. The van der Waals surface area contributed by atoms with Crippen molar-refractivity contribution in [1.82, 2.24) is 16.0 Å². The summed E-state index contributed by atoms with van der Waals surface area (Å²) in [5.74, 6) is 1.31. The number of aliphatic hydroxyl groups excluding tert-OH is 1. The molecule has 1 aliphatic carbocycles. The molecule has 0 radical (unpaired) electrons. The minimum absolute atomic E-state index is 0. The molecule has 7 nitrogen and oxygen atoms in total. The molecular formula is C19H31IN4O3. The van der Waals surface area contributed by atoms with E-state index in [9.17, 15) is 9.90 Å². The van der Waals surface area contributed by atoms with Crippen molar-refractivity contribution in [3.05, 3.63) is 29.8 Å². The number of carbonyl (C=O) groups excluding carboxylic acids is 1. The number of ether oxygens (including phenoxy) is 1. The molecule has 1 aromatic carbocycles. The van der Waals surface area contributed by atoms with E-state index in [2.05, 4.69) is 20.9 Å². The average Bonchev–Trinajstić information content (AvgIpc) is 2.66. The molecule has 0 unspecified atom stereocenters. The summed E-state index contributed by atoms with van der Waals surface area (Å²) < 4.78 is 5.12. The zero-order valence-electron chi connectivity index (χ0n) is 16.0. The predicted molar refractivity (Wildman–Crippen MR) is 118 cm³/mol. The highest BCUT2D eigenvalue weighted by molar-refractivity contribution is 14.0. The van der Waals surface area contributed by atoms with Crippen LogP contribution >= 0.6 is 24.0 Å². The number of halogens is 1. The molecule has 8 heteroatoms. The first-order chi connectivity index (χ1) is 12.6. The quantitative estimate of drug-likeness (QED) is 0.266. The van der Waals surface area contributed by atoms with Gasteiger partial charge in [-0.3, -0.25) is 4.79 Å². The fraction of sp³-hybridized carbons (Fsp3) is 0.579. The minimum atomic E-state index is -0.184. The zero-order valence-corrected chi connectivity index (χ0v) is 18.4. The Kier molecular flexibility index (Phi) is 11.1. The third-order valence-corrected chi connectivity index (χ3v) is 4.41. The van der Waals surface area contributed by atoms with Crippen LogP contribution in [0.1, 0.15) is 38.2 Å². The molecule has 1 saturated carbocycles. The lowest BCUT2D eigenvalue weighted by atomic mass is 9.93. The van der Waals surface area contributed by atoms with Gasteiger partial charge in [0.2, 0.25) is 5.91 Å². The summed E-state index contributed by atoms with van der Waals surface area (Å²) in [6.45, 7) is 3.25. The van der Waals surface area contributed by atoms with E-state index >= 15 is 0 Å². The average molecular weight is 490 g/mol. The van der Waals surface area contributed by atoms with Gasteiger partial charge < -0.3 is 25.8 Å². The van der Waals surface area contributed by atoms with Gasteiger partial charge in [0.05, 0.1) is 13.2 Å². The number of aliphatic imine (C=N–C) groups is 1. The van der Waals surface area contributed by atoms with Gasteiger partial charge >= 0.3 is 0 Å². The molecule has 1 aliphatic rings. The molecule has 1 amide bonds. The number of hydrogen-bond donors (Lipinski definition) is 4. The van der Waals surface area contributed by atoms with Crippen molar-refractivity contribution in [1.29, 1.82) is 0 Å². The van der Waals surface area contributed by atoms with Gasteiger partial charge in [-0.05, 0) is 50.3 Å². The number of methoxy groups -OCH3 is 1. The predicted octanol–water partition coefficient (Wildman–Crippen LogP) is 1.79. The molecule has 1 aromatic rings. The fourth-order valence-corrected chi connectivity index (χ4v) is 2.88. The maximum atomic E-state index is 12.1. The molecule has 152 valence electrons. The number of nitrogens with one attached hydrogen (secondary N) is 3. The van der Waals surface area contributed by atoms with Crippen LogP contribution in [0, 0.1) is 0 Å². The molecule has 1 fully saturated rings. The van der Waals surface area contributed by atoms with Crippen molar-refractivity contribution < 1.29 is 14.6 Å². The number of nitrogens with zero attached hydrogens (tertiary/aromatic N) is 1. The Bertz CT molecular complexity index is 587. The van der Waals surface area contributed by atoms with Crippen molar-refractivity contribution in [3.63, 3.8) is 0 Å². The van der Waals surface area contributed by atoms with Crippen LogP contribution in [0.25, 0.3) is 0 Å². The number of carbonyl (C=O) groups is 1. The van der Waals surface area contributed by atoms with E-state index in [1.165, 1.54) is 0 Å². The fourth-order valence-electron chi connectivity index (χ4n) is 2.88. The highest BCUT2D eigenvalue weighted by Gasteiger charge is 2.20. The van der Waals surface area contributed by atoms with Crippen molar-refractivity contribution in [3.8, 4) is 5.75 Å². The molecular weight excluding hydrogens is 459 g/mol. The third kappa shape index (κ3) is 8.79. The van der Waals surface area contributed by atoms with Crippen molar-refractivity contribution >= 4 is 35.8 Å². The maximum Gasteiger partial charge on any atom is 0.242 e. The van der Waals surface area contributed by atoms with E-state index < -0.39 is 0 Å². The number of benzene rings is 1. The van der Waals surface area contributed by atoms with Gasteiger partial charge in [-0.25, -0.2) is 4.99 Å². The van der Waals surface area contributed by atoms with Crippen LogP contribution in [0.5, 0.6) is 5.75 Å². The second-order valence-electron chi connectivity index (χ2n) is 6.47. The molecule has 0 bridgehead atoms. The second kappa shape index (κ2) is 12.8. The van der Waals surface area contributed by atoms with Crippen molar-refractivity contribution in [2.45, 2.75) is 51.3 Å². The largest absolute Gasteiger partial charge is 0.497 e. The van der Waals surface area contributed by atoms with Gasteiger partial charge in [0.1, 0.15) is 12.3 Å². The molecule has 0 saturated heterocycles. The second-order valence-corrected chi connectivity index (χ2v) is 6.47. The summed E-state index contributed by atoms with van der Waals surface area (Å²) in [6.07, 6.45) is 3.25. The summed E-state index contributed by atoms with van der Waals surface area (Å²) in [6, 6.07) is 7.87. The number of guanidine groups is 1. The van der Waals surface area contributed by atoms with Crippen LogP contribution in [-0.2, 0) is 11.3 Å². The summed E-state index contributed by atoms with van der Waals surface area (Å²) in [5.41, 5.74) is 1.01. The molecule has 0 atom stereocenters. The standard InChI is InChI=1S/C19H30N4O3.HI/c1-3-20-19(23-15-6-8-16(24)9-7-15)22-13-18(25)21-12-14-4-10-17(26-2)11-5-14;/h4-5,10-11,15-16,24H,3,6-9,12-13H2,1-2H3,(H,21,25)(H2,20,22,23);1H. The normalized spacial score (nSPS) is 19.6. The lowest BCUT2D eigenvalue weighted by Gasteiger charge is -2.27. The van der Waals surface area contributed by atoms with E-state index in [-0.39, 0.29) is 42.5 Å². The SMILES string of the molecule is CCNC(=NCC(=O)NCc1ccc(OC)cc1)NC1CCC(O)CC1.I. The van der Waals surface area contributed by atoms with E-state index in [4.69, 9.17) is 4.74 Å². The summed E-state index contributed by atoms with van der Waals surface area (Å²) >= 11 is 0. The Hall–Kier alpha value is -1.55. The zero-order chi connectivity index (χ0) is 18.8. The van der Waals surface area contributed by atoms with Gasteiger partial charge in [-0.2, -0.15) is 0 Å². The van der Waals surface area contributed by atoms with Crippen LogP contribution in [0.2, 0.25) is 0 Å². The molecule has 0 spiro atoms. The monoisotopic (exact) mass is 490 g/mol. The Morgan fingerprint density at radius 1 is 1.19 bits per heavy atom. The summed E-state index contributed by atoms with van der Waals surface area (Å²) in [7, 11) is 1.63. The van der Waals surface area contributed by atoms with E-state index in [1.807, 2.05) is 31.2 Å². The van der Waals surface area contributed by atoms with Crippen LogP contribution in [-0.4, -0.2) is 49.3 Å². The smallest absolute Gasteiger partial charge is 0.242 e. The number of aliphatic hydroxyl groups is 1. The van der Waals surface area contributed by atoms with E-state index in [1.54, 1.807) is 7.11 Å². The number of amides is 1. The number of hydrogen-bond acceptors (Lipinski definition) is 4. The first-order valence-electron chi connectivity index (χ1n) is 9.23. The summed E-state index contributed by atoms with van der Waals surface area (Å²) in [5, 5.41) is 19.0. The highest BCUT2D eigenvalue weighted by atomic mass is 127. The van der Waals surface area contributed by atoms with Gasteiger partial charge in [0.25, 0.3) is 0 Å². The highest BCUT2D eigenvalue weighted by Crippen LogP contribution is 2.18. The van der Waals surface area contributed by atoms with Crippen LogP contribution in [0.3, 0.4) is 0 Å².